The fourth-order valence-electron chi connectivity index (χ4n) is 2.04. The average molecular weight is 235 g/mol. The van der Waals surface area contributed by atoms with E-state index < -0.39 is 0 Å². The minimum Gasteiger partial charge on any atom is -0.397 e. The highest BCUT2D eigenvalue weighted by Gasteiger charge is 2.21. The molecule has 0 unspecified atom stereocenters. The molecule has 3 N–H and O–H groups in total. The second kappa shape index (κ2) is 5.25. The van der Waals surface area contributed by atoms with Crippen molar-refractivity contribution in [2.75, 3.05) is 12.3 Å². The van der Waals surface area contributed by atoms with Gasteiger partial charge in [-0.2, -0.15) is 0 Å². The van der Waals surface area contributed by atoms with E-state index in [1.165, 1.54) is 12.8 Å². The molecule has 1 aliphatic carbocycles. The van der Waals surface area contributed by atoms with Gasteiger partial charge >= 0.3 is 0 Å². The van der Waals surface area contributed by atoms with E-state index >= 15 is 0 Å². The molecule has 2 rings (SSSR count). The molecule has 0 aliphatic heterocycles. The second-order valence-electron chi connectivity index (χ2n) is 4.84. The Morgan fingerprint density at radius 3 is 3.00 bits per heavy atom. The van der Waals surface area contributed by atoms with Crippen molar-refractivity contribution in [3.63, 3.8) is 0 Å². The summed E-state index contributed by atoms with van der Waals surface area (Å²) in [5, 5.41) is 2.97. The van der Waals surface area contributed by atoms with Crippen molar-refractivity contribution in [3.05, 3.63) is 18.0 Å². The number of nitrogens with two attached hydrogens (primary N) is 1. The van der Waals surface area contributed by atoms with Crippen LogP contribution in [0.25, 0.3) is 0 Å². The normalized spacial score (nSPS) is 14.9. The lowest BCUT2D eigenvalue weighted by atomic mass is 10.3. The molecule has 0 spiro atoms. The fraction of sp³-hybridized carbons (Fsp3) is 0.615. The first-order valence-corrected chi connectivity index (χ1v) is 6.44. The number of carbonyl (C=O) groups excluding carboxylic acids is 1. The number of rotatable bonds is 6. The predicted octanol–water partition coefficient (Wildman–Crippen LogP) is 2.01. The van der Waals surface area contributed by atoms with E-state index in [1.807, 2.05) is 10.8 Å². The molecule has 0 saturated heterocycles. The van der Waals surface area contributed by atoms with Gasteiger partial charge in [0.1, 0.15) is 5.69 Å². The number of hydrogen-bond acceptors (Lipinski definition) is 2. The number of amides is 1. The van der Waals surface area contributed by atoms with Crippen LogP contribution in [-0.4, -0.2) is 17.0 Å². The maximum Gasteiger partial charge on any atom is 0.267 e. The quantitative estimate of drug-likeness (QED) is 0.792. The summed E-state index contributed by atoms with van der Waals surface area (Å²) in [5.74, 6) is 0.846. The van der Waals surface area contributed by atoms with Crippen LogP contribution in [0, 0.1) is 5.92 Å². The highest BCUT2D eigenvalue weighted by Crippen LogP contribution is 2.31. The van der Waals surface area contributed by atoms with E-state index in [0.29, 0.717) is 11.4 Å². The van der Waals surface area contributed by atoms with Gasteiger partial charge in [-0.15, -0.1) is 0 Å². The van der Waals surface area contributed by atoms with Gasteiger partial charge in [0, 0.05) is 19.3 Å². The van der Waals surface area contributed by atoms with Crippen molar-refractivity contribution >= 4 is 11.6 Å². The van der Waals surface area contributed by atoms with Crippen molar-refractivity contribution in [1.82, 2.24) is 9.88 Å². The topological polar surface area (TPSA) is 60.0 Å². The lowest BCUT2D eigenvalue weighted by Gasteiger charge is -2.08. The van der Waals surface area contributed by atoms with Gasteiger partial charge in [-0.25, -0.2) is 0 Å². The van der Waals surface area contributed by atoms with Crippen molar-refractivity contribution in [1.29, 1.82) is 0 Å². The number of aromatic nitrogens is 1. The van der Waals surface area contributed by atoms with Crippen LogP contribution in [0.5, 0.6) is 0 Å². The third kappa shape index (κ3) is 3.25. The molecule has 94 valence electrons. The Hall–Kier alpha value is -1.45. The van der Waals surface area contributed by atoms with Gasteiger partial charge in [0.05, 0.1) is 5.69 Å². The van der Waals surface area contributed by atoms with Crippen molar-refractivity contribution in [2.24, 2.45) is 5.92 Å². The number of anilines is 1. The lowest BCUT2D eigenvalue weighted by molar-refractivity contribution is 0.0943. The third-order valence-electron chi connectivity index (χ3n) is 3.15. The summed E-state index contributed by atoms with van der Waals surface area (Å²) in [5.41, 5.74) is 7.07. The summed E-state index contributed by atoms with van der Waals surface area (Å²) in [4.78, 5) is 12.0. The molecule has 1 heterocycles. The van der Waals surface area contributed by atoms with Crippen molar-refractivity contribution in [2.45, 2.75) is 39.2 Å². The molecule has 1 amide bonds. The van der Waals surface area contributed by atoms with Gasteiger partial charge in [0.2, 0.25) is 0 Å². The third-order valence-corrected chi connectivity index (χ3v) is 3.15. The largest absolute Gasteiger partial charge is 0.397 e. The Labute approximate surface area is 102 Å². The first-order chi connectivity index (χ1) is 8.20. The zero-order chi connectivity index (χ0) is 12.3. The Bertz CT molecular complexity index is 393. The van der Waals surface area contributed by atoms with E-state index in [2.05, 4.69) is 12.2 Å². The van der Waals surface area contributed by atoms with Crippen LogP contribution < -0.4 is 11.1 Å². The maximum atomic E-state index is 12.0. The van der Waals surface area contributed by atoms with Gasteiger partial charge in [0.15, 0.2) is 0 Å². The van der Waals surface area contributed by atoms with Crippen molar-refractivity contribution in [3.8, 4) is 0 Å². The molecule has 17 heavy (non-hydrogen) atoms. The molecule has 1 aromatic heterocycles. The number of nitrogens with one attached hydrogen (secondary N) is 1. The molecule has 0 bridgehead atoms. The van der Waals surface area contributed by atoms with Crippen LogP contribution in [0.15, 0.2) is 12.3 Å². The van der Waals surface area contributed by atoms with Crippen LogP contribution >= 0.6 is 0 Å². The molecular weight excluding hydrogens is 214 g/mol. The Kier molecular flexibility index (Phi) is 3.71. The van der Waals surface area contributed by atoms with Crippen LogP contribution in [0.3, 0.4) is 0 Å². The highest BCUT2D eigenvalue weighted by atomic mass is 16.1. The summed E-state index contributed by atoms with van der Waals surface area (Å²) < 4.78 is 1.93. The van der Waals surface area contributed by atoms with Gasteiger partial charge in [-0.05, 0) is 24.8 Å². The first kappa shape index (κ1) is 12.0. The molecule has 1 fully saturated rings. The van der Waals surface area contributed by atoms with Gasteiger partial charge in [0.25, 0.3) is 5.91 Å². The minimum absolute atomic E-state index is 0.00389. The molecule has 1 saturated carbocycles. The SMILES string of the molecule is CCCn1cc(N)cc1C(=O)NCCC1CC1. The van der Waals surface area contributed by atoms with Gasteiger partial charge < -0.3 is 15.6 Å². The molecule has 1 aromatic rings. The van der Waals surface area contributed by atoms with Crippen LogP contribution in [-0.2, 0) is 6.54 Å². The smallest absolute Gasteiger partial charge is 0.267 e. The molecule has 4 heteroatoms. The monoisotopic (exact) mass is 235 g/mol. The number of carbonyl (C=O) groups is 1. The summed E-state index contributed by atoms with van der Waals surface area (Å²) in [6.45, 7) is 3.70. The van der Waals surface area contributed by atoms with E-state index in [1.54, 1.807) is 6.07 Å². The molecule has 0 aromatic carbocycles. The van der Waals surface area contributed by atoms with Crippen LogP contribution in [0.1, 0.15) is 43.1 Å². The molecule has 4 nitrogen and oxygen atoms in total. The molecular formula is C13H21N3O. The standard InChI is InChI=1S/C13H21N3O/c1-2-7-16-9-11(14)8-12(16)13(17)15-6-5-10-3-4-10/h8-10H,2-7,14H2,1H3,(H,15,17). The number of aryl methyl sites for hydroxylation is 1. The van der Waals surface area contributed by atoms with Crippen molar-refractivity contribution < 1.29 is 4.79 Å². The number of hydrogen-bond donors (Lipinski definition) is 2. The van der Waals surface area contributed by atoms with Gasteiger partial charge in [-0.1, -0.05) is 19.8 Å². The fourth-order valence-corrected chi connectivity index (χ4v) is 2.04. The molecule has 0 atom stereocenters. The summed E-state index contributed by atoms with van der Waals surface area (Å²) in [7, 11) is 0. The minimum atomic E-state index is -0.00389. The Morgan fingerprint density at radius 1 is 1.59 bits per heavy atom. The van der Waals surface area contributed by atoms with Crippen LogP contribution in [0.4, 0.5) is 5.69 Å². The van der Waals surface area contributed by atoms with E-state index in [9.17, 15) is 4.79 Å². The lowest BCUT2D eigenvalue weighted by Crippen LogP contribution is -2.27. The molecule has 1 aliphatic rings. The number of nitrogens with zero attached hydrogens (tertiary/aromatic N) is 1. The van der Waals surface area contributed by atoms with Gasteiger partial charge in [-0.3, -0.25) is 4.79 Å². The van der Waals surface area contributed by atoms with Crippen LogP contribution in [0.2, 0.25) is 0 Å². The summed E-state index contributed by atoms with van der Waals surface area (Å²) in [6, 6.07) is 1.75. The second-order valence-corrected chi connectivity index (χ2v) is 4.84. The Morgan fingerprint density at radius 2 is 2.35 bits per heavy atom. The van der Waals surface area contributed by atoms with E-state index in [0.717, 1.165) is 31.8 Å². The predicted molar refractivity (Wildman–Crippen MR) is 68.8 cm³/mol. The average Bonchev–Trinajstić information content (AvgIpc) is 3.03. The van der Waals surface area contributed by atoms with E-state index in [4.69, 9.17) is 5.73 Å². The van der Waals surface area contributed by atoms with E-state index in [-0.39, 0.29) is 5.91 Å². The Balaban J connectivity index is 1.91. The zero-order valence-electron chi connectivity index (χ0n) is 10.4. The summed E-state index contributed by atoms with van der Waals surface area (Å²) >= 11 is 0. The zero-order valence-corrected chi connectivity index (χ0v) is 10.4. The number of nitrogen functional groups attached to an aromatic ring is 1. The highest BCUT2D eigenvalue weighted by molar-refractivity contribution is 5.93. The maximum absolute atomic E-state index is 12.0. The first-order valence-electron chi connectivity index (χ1n) is 6.44. The molecule has 0 radical (unpaired) electrons. The summed E-state index contributed by atoms with van der Waals surface area (Å²) in [6.07, 6.45) is 6.59.